The van der Waals surface area contributed by atoms with E-state index in [4.69, 9.17) is 25.8 Å². The van der Waals surface area contributed by atoms with Crippen molar-refractivity contribution in [2.45, 2.75) is 6.92 Å². The topological polar surface area (TPSA) is 74.9 Å². The third kappa shape index (κ3) is 3.55. The van der Waals surface area contributed by atoms with Gasteiger partial charge < -0.3 is 14.2 Å². The lowest BCUT2D eigenvalue weighted by atomic mass is 10.2. The summed E-state index contributed by atoms with van der Waals surface area (Å²) in [5.41, 5.74) is 2.81. The number of ether oxygens (including phenoxy) is 3. The molecule has 0 amide bonds. The quantitative estimate of drug-likeness (QED) is 0.454. The first kappa shape index (κ1) is 19.7. The van der Waals surface area contributed by atoms with E-state index < -0.39 is 5.97 Å². The summed E-state index contributed by atoms with van der Waals surface area (Å²) in [7, 11) is 3.08. The number of aliphatic imine (C=N–C) groups is 1. The highest BCUT2D eigenvalue weighted by molar-refractivity contribution is 6.31. The molecular formula is C22H18ClN3O4. The molecule has 0 N–H and O–H groups in total. The Labute approximate surface area is 178 Å². The van der Waals surface area contributed by atoms with E-state index in [2.05, 4.69) is 10.1 Å². The largest absolute Gasteiger partial charge is 0.493 e. The molecule has 152 valence electrons. The van der Waals surface area contributed by atoms with Crippen LogP contribution in [0, 0.1) is 6.92 Å². The summed E-state index contributed by atoms with van der Waals surface area (Å²) >= 11 is 6.54. The third-order valence-corrected chi connectivity index (χ3v) is 4.94. The van der Waals surface area contributed by atoms with Crippen molar-refractivity contribution in [1.82, 2.24) is 9.78 Å². The minimum absolute atomic E-state index is 0.136. The number of hydrogen-bond donors (Lipinski definition) is 0. The van der Waals surface area contributed by atoms with Gasteiger partial charge in [0.25, 0.3) is 0 Å². The first-order chi connectivity index (χ1) is 14.5. The van der Waals surface area contributed by atoms with Crippen LogP contribution in [0.1, 0.15) is 16.8 Å². The summed E-state index contributed by atoms with van der Waals surface area (Å²) < 4.78 is 17.5. The van der Waals surface area contributed by atoms with Gasteiger partial charge in [0.15, 0.2) is 17.2 Å². The number of nitrogens with zero attached hydrogens (tertiary/aromatic N) is 3. The molecule has 1 aliphatic rings. The Morgan fingerprint density at radius 3 is 2.50 bits per heavy atom. The van der Waals surface area contributed by atoms with E-state index in [-0.39, 0.29) is 11.6 Å². The molecule has 1 aromatic heterocycles. The van der Waals surface area contributed by atoms with Gasteiger partial charge in [-0.1, -0.05) is 29.8 Å². The van der Waals surface area contributed by atoms with Crippen LogP contribution >= 0.6 is 11.6 Å². The SMILES string of the molecule is COc1ccc(C2=N/C(=C/c3c(C)nn(-c4ccccc4)c3Cl)C(=O)O2)cc1OC. The molecule has 0 spiro atoms. The lowest BCUT2D eigenvalue weighted by Crippen LogP contribution is -2.06. The summed E-state index contributed by atoms with van der Waals surface area (Å²) in [4.78, 5) is 16.8. The Morgan fingerprint density at radius 2 is 1.80 bits per heavy atom. The molecule has 1 aliphatic heterocycles. The van der Waals surface area contributed by atoms with Crippen LogP contribution in [-0.4, -0.2) is 35.9 Å². The van der Waals surface area contributed by atoms with Gasteiger partial charge in [0.1, 0.15) is 5.15 Å². The first-order valence-electron chi connectivity index (χ1n) is 9.07. The Balaban J connectivity index is 1.71. The zero-order chi connectivity index (χ0) is 21.3. The maximum absolute atomic E-state index is 12.4. The van der Waals surface area contributed by atoms with Crippen LogP contribution in [-0.2, 0) is 9.53 Å². The number of aryl methyl sites for hydroxylation is 1. The van der Waals surface area contributed by atoms with Crippen molar-refractivity contribution < 1.29 is 19.0 Å². The Morgan fingerprint density at radius 1 is 1.07 bits per heavy atom. The second kappa shape index (κ2) is 8.04. The predicted molar refractivity (Wildman–Crippen MR) is 113 cm³/mol. The summed E-state index contributed by atoms with van der Waals surface area (Å²) in [6, 6.07) is 14.6. The van der Waals surface area contributed by atoms with E-state index in [1.54, 1.807) is 36.1 Å². The van der Waals surface area contributed by atoms with Gasteiger partial charge in [-0.25, -0.2) is 14.5 Å². The van der Waals surface area contributed by atoms with Gasteiger partial charge in [-0.15, -0.1) is 0 Å². The number of methoxy groups -OCH3 is 2. The molecule has 3 aromatic rings. The number of aromatic nitrogens is 2. The van der Waals surface area contributed by atoms with E-state index in [1.165, 1.54) is 7.11 Å². The molecule has 0 bridgehead atoms. The van der Waals surface area contributed by atoms with Crippen LogP contribution in [0.2, 0.25) is 5.15 Å². The van der Waals surface area contributed by atoms with Gasteiger partial charge >= 0.3 is 5.97 Å². The second-order valence-electron chi connectivity index (χ2n) is 6.44. The van der Waals surface area contributed by atoms with Gasteiger partial charge in [-0.05, 0) is 43.3 Å². The maximum atomic E-state index is 12.4. The van der Waals surface area contributed by atoms with Crippen molar-refractivity contribution in [3.05, 3.63) is 76.2 Å². The van der Waals surface area contributed by atoms with Gasteiger partial charge in [0.2, 0.25) is 5.90 Å². The van der Waals surface area contributed by atoms with Crippen molar-refractivity contribution in [2.75, 3.05) is 14.2 Å². The van der Waals surface area contributed by atoms with Gasteiger partial charge in [-0.3, -0.25) is 0 Å². The molecular weight excluding hydrogens is 406 g/mol. The van der Waals surface area contributed by atoms with Crippen LogP contribution in [0.15, 0.2) is 59.2 Å². The molecule has 0 saturated carbocycles. The van der Waals surface area contributed by atoms with Crippen LogP contribution in [0.25, 0.3) is 11.8 Å². The molecule has 0 aliphatic carbocycles. The Kier molecular flexibility index (Phi) is 5.29. The number of para-hydroxylation sites is 1. The van der Waals surface area contributed by atoms with E-state index >= 15 is 0 Å². The molecule has 30 heavy (non-hydrogen) atoms. The maximum Gasteiger partial charge on any atom is 0.363 e. The van der Waals surface area contributed by atoms with Crippen molar-refractivity contribution in [3.8, 4) is 17.2 Å². The van der Waals surface area contributed by atoms with Crippen molar-refractivity contribution in [3.63, 3.8) is 0 Å². The van der Waals surface area contributed by atoms with Crippen molar-refractivity contribution >= 4 is 29.5 Å². The molecule has 0 saturated heterocycles. The molecule has 7 nitrogen and oxygen atoms in total. The number of carbonyl (C=O) groups is 1. The molecule has 0 radical (unpaired) electrons. The number of hydrogen-bond acceptors (Lipinski definition) is 6. The van der Waals surface area contributed by atoms with Gasteiger partial charge in [0.05, 0.1) is 25.6 Å². The highest BCUT2D eigenvalue weighted by Gasteiger charge is 2.26. The average molecular weight is 424 g/mol. The zero-order valence-corrected chi connectivity index (χ0v) is 17.3. The van der Waals surface area contributed by atoms with E-state index in [0.717, 1.165) is 5.69 Å². The van der Waals surface area contributed by atoms with Crippen molar-refractivity contribution in [2.24, 2.45) is 4.99 Å². The highest BCUT2D eigenvalue weighted by Crippen LogP contribution is 2.31. The van der Waals surface area contributed by atoms with E-state index in [9.17, 15) is 4.79 Å². The summed E-state index contributed by atoms with van der Waals surface area (Å²) in [6.45, 7) is 1.82. The zero-order valence-electron chi connectivity index (χ0n) is 16.5. The molecule has 0 fully saturated rings. The Hall–Kier alpha value is -3.58. The lowest BCUT2D eigenvalue weighted by Gasteiger charge is -2.08. The van der Waals surface area contributed by atoms with Crippen LogP contribution in [0.4, 0.5) is 0 Å². The number of carbonyl (C=O) groups excluding carboxylic acids is 1. The molecule has 8 heteroatoms. The predicted octanol–water partition coefficient (Wildman–Crippen LogP) is 4.20. The molecule has 2 heterocycles. The van der Waals surface area contributed by atoms with Crippen LogP contribution < -0.4 is 9.47 Å². The van der Waals surface area contributed by atoms with E-state index in [1.807, 2.05) is 37.3 Å². The molecule has 0 unspecified atom stereocenters. The normalized spacial score (nSPS) is 14.6. The average Bonchev–Trinajstić information content (AvgIpc) is 3.28. The second-order valence-corrected chi connectivity index (χ2v) is 6.80. The fourth-order valence-electron chi connectivity index (χ4n) is 3.05. The minimum Gasteiger partial charge on any atom is -0.493 e. The molecule has 0 atom stereocenters. The number of benzene rings is 2. The van der Waals surface area contributed by atoms with Gasteiger partial charge in [-0.2, -0.15) is 5.10 Å². The molecule has 4 rings (SSSR count). The highest BCUT2D eigenvalue weighted by atomic mass is 35.5. The lowest BCUT2D eigenvalue weighted by molar-refractivity contribution is -0.129. The summed E-state index contributed by atoms with van der Waals surface area (Å²) in [5.74, 6) is 0.686. The summed E-state index contributed by atoms with van der Waals surface area (Å²) in [5, 5.41) is 4.86. The van der Waals surface area contributed by atoms with E-state index in [0.29, 0.717) is 33.5 Å². The summed E-state index contributed by atoms with van der Waals surface area (Å²) in [6.07, 6.45) is 1.58. The fourth-order valence-corrected chi connectivity index (χ4v) is 3.38. The van der Waals surface area contributed by atoms with Crippen LogP contribution in [0.5, 0.6) is 11.5 Å². The van der Waals surface area contributed by atoms with Gasteiger partial charge in [0, 0.05) is 11.1 Å². The standard InChI is InChI=1S/C22H18ClN3O4/c1-13-16(20(23)26(25-13)15-7-5-4-6-8-15)12-17-22(27)30-21(24-17)14-9-10-18(28-2)19(11-14)29-3/h4-12H,1-3H3/b17-12+. The minimum atomic E-state index is -0.567. The fraction of sp³-hybridized carbons (Fsp3) is 0.136. The van der Waals surface area contributed by atoms with Crippen molar-refractivity contribution in [1.29, 1.82) is 0 Å². The smallest absolute Gasteiger partial charge is 0.363 e. The number of rotatable bonds is 5. The third-order valence-electron chi connectivity index (χ3n) is 4.58. The monoisotopic (exact) mass is 423 g/mol. The Bertz CT molecular complexity index is 1180. The van der Waals surface area contributed by atoms with Crippen LogP contribution in [0.3, 0.4) is 0 Å². The number of esters is 1. The number of cyclic esters (lactones) is 1. The molecule has 2 aromatic carbocycles. The number of halogens is 1. The first-order valence-corrected chi connectivity index (χ1v) is 9.45.